The second-order valence-electron chi connectivity index (χ2n) is 7.11. The van der Waals surface area contributed by atoms with Crippen molar-refractivity contribution in [3.05, 3.63) is 34.9 Å². The first-order valence-corrected chi connectivity index (χ1v) is 9.13. The minimum Gasteiger partial charge on any atom is -0.378 e. The largest absolute Gasteiger partial charge is 0.378 e. The molecular formula is C19H29BrO. The van der Waals surface area contributed by atoms with E-state index in [0.717, 1.165) is 6.42 Å². The van der Waals surface area contributed by atoms with Crippen LogP contribution in [0.4, 0.5) is 0 Å². The van der Waals surface area contributed by atoms with Crippen LogP contribution in [0.25, 0.3) is 0 Å². The Kier molecular flexibility index (Phi) is 5.54. The van der Waals surface area contributed by atoms with Crippen molar-refractivity contribution in [2.24, 2.45) is 0 Å². The van der Waals surface area contributed by atoms with Gasteiger partial charge in [0, 0.05) is 11.9 Å². The van der Waals surface area contributed by atoms with E-state index >= 15 is 0 Å². The Bertz CT molecular complexity index is 469. The Hall–Kier alpha value is -0.340. The molecule has 0 aromatic heterocycles. The van der Waals surface area contributed by atoms with Gasteiger partial charge in [0.25, 0.3) is 0 Å². The molecule has 1 aliphatic rings. The summed E-state index contributed by atoms with van der Waals surface area (Å²) in [6, 6.07) is 7.02. The number of benzene rings is 1. The zero-order valence-corrected chi connectivity index (χ0v) is 15.7. The van der Waals surface area contributed by atoms with Crippen molar-refractivity contribution in [3.63, 3.8) is 0 Å². The van der Waals surface area contributed by atoms with E-state index < -0.39 is 0 Å². The van der Waals surface area contributed by atoms with Gasteiger partial charge in [-0.15, -0.1) is 0 Å². The van der Waals surface area contributed by atoms with Gasteiger partial charge in [0.15, 0.2) is 0 Å². The first-order valence-electron chi connectivity index (χ1n) is 8.21. The molecule has 1 aliphatic carbocycles. The second-order valence-corrected chi connectivity index (χ2v) is 8.22. The highest BCUT2D eigenvalue weighted by Crippen LogP contribution is 2.46. The Morgan fingerprint density at radius 2 is 1.76 bits per heavy atom. The number of rotatable bonds is 6. The third kappa shape index (κ3) is 3.71. The molecule has 21 heavy (non-hydrogen) atoms. The third-order valence-corrected chi connectivity index (χ3v) is 5.80. The fourth-order valence-corrected chi connectivity index (χ4v) is 4.24. The Balaban J connectivity index is 2.25. The number of methoxy groups -OCH3 is 1. The van der Waals surface area contributed by atoms with Gasteiger partial charge in [0.05, 0.1) is 5.60 Å². The first kappa shape index (κ1) is 17.0. The zero-order valence-electron chi connectivity index (χ0n) is 14.1. The van der Waals surface area contributed by atoms with Gasteiger partial charge in [-0.3, -0.25) is 0 Å². The van der Waals surface area contributed by atoms with Crippen LogP contribution in [0.1, 0.15) is 86.7 Å². The Morgan fingerprint density at radius 1 is 1.10 bits per heavy atom. The van der Waals surface area contributed by atoms with E-state index in [1.807, 2.05) is 7.11 Å². The van der Waals surface area contributed by atoms with Crippen LogP contribution in [0.3, 0.4) is 0 Å². The molecule has 118 valence electrons. The summed E-state index contributed by atoms with van der Waals surface area (Å²) in [5.74, 6) is 1.14. The van der Waals surface area contributed by atoms with E-state index in [4.69, 9.17) is 4.74 Å². The Morgan fingerprint density at radius 3 is 2.19 bits per heavy atom. The predicted molar refractivity (Wildman–Crippen MR) is 94.5 cm³/mol. The quantitative estimate of drug-likeness (QED) is 0.543. The maximum Gasteiger partial charge on any atom is 0.0692 e. The highest BCUT2D eigenvalue weighted by molar-refractivity contribution is 9.09. The summed E-state index contributed by atoms with van der Waals surface area (Å²) in [6.07, 6.45) is 4.78. The van der Waals surface area contributed by atoms with E-state index in [0.29, 0.717) is 16.7 Å². The SMILES string of the molecule is COC1(CC(Br)c2ccc(C(C)C)cc2C(C)C)CCC1. The minimum atomic E-state index is 0.110. The molecule has 1 aromatic carbocycles. The molecule has 0 amide bonds. The van der Waals surface area contributed by atoms with Crippen LogP contribution in [-0.2, 0) is 4.74 Å². The van der Waals surface area contributed by atoms with Gasteiger partial charge in [-0.05, 0) is 54.2 Å². The number of ether oxygens (including phenoxy) is 1. The van der Waals surface area contributed by atoms with Crippen molar-refractivity contribution in [1.82, 2.24) is 0 Å². The van der Waals surface area contributed by atoms with E-state index in [9.17, 15) is 0 Å². The lowest BCUT2D eigenvalue weighted by Crippen LogP contribution is -2.39. The lowest BCUT2D eigenvalue weighted by Gasteiger charge is -2.42. The number of hydrogen-bond acceptors (Lipinski definition) is 1. The van der Waals surface area contributed by atoms with Crippen LogP contribution in [0.5, 0.6) is 0 Å². The highest BCUT2D eigenvalue weighted by atomic mass is 79.9. The maximum absolute atomic E-state index is 5.80. The molecule has 1 fully saturated rings. The number of alkyl halides is 1. The summed E-state index contributed by atoms with van der Waals surface area (Å²) in [4.78, 5) is 0.386. The molecule has 1 aromatic rings. The van der Waals surface area contributed by atoms with Gasteiger partial charge in [0.1, 0.15) is 0 Å². The van der Waals surface area contributed by atoms with Crippen LogP contribution >= 0.6 is 15.9 Å². The fraction of sp³-hybridized carbons (Fsp3) is 0.684. The molecule has 0 heterocycles. The van der Waals surface area contributed by atoms with Gasteiger partial charge in [-0.2, -0.15) is 0 Å². The zero-order chi connectivity index (χ0) is 15.6. The smallest absolute Gasteiger partial charge is 0.0692 e. The van der Waals surface area contributed by atoms with Crippen LogP contribution in [0, 0.1) is 0 Å². The molecule has 1 saturated carbocycles. The van der Waals surface area contributed by atoms with Crippen molar-refractivity contribution < 1.29 is 4.74 Å². The minimum absolute atomic E-state index is 0.110. The lowest BCUT2D eigenvalue weighted by atomic mass is 9.75. The van der Waals surface area contributed by atoms with Gasteiger partial charge in [0.2, 0.25) is 0 Å². The molecule has 1 nitrogen and oxygen atoms in total. The predicted octanol–water partition coefficient (Wildman–Crippen LogP) is 6.33. The fourth-order valence-electron chi connectivity index (χ4n) is 3.24. The molecule has 0 saturated heterocycles. The van der Waals surface area contributed by atoms with Gasteiger partial charge < -0.3 is 4.74 Å². The standard InChI is InChI=1S/C19H29BrO/c1-13(2)15-7-8-16(17(11-15)14(3)4)18(20)12-19(21-5)9-6-10-19/h7-8,11,13-14,18H,6,9-10,12H2,1-5H3. The highest BCUT2D eigenvalue weighted by Gasteiger charge is 2.39. The van der Waals surface area contributed by atoms with E-state index in [1.54, 1.807) is 0 Å². The molecule has 2 rings (SSSR count). The number of halogens is 1. The first-order chi connectivity index (χ1) is 9.88. The summed E-state index contributed by atoms with van der Waals surface area (Å²) in [5, 5.41) is 0. The molecule has 2 heteroatoms. The van der Waals surface area contributed by atoms with E-state index in [2.05, 4.69) is 61.8 Å². The molecule has 1 unspecified atom stereocenters. The van der Waals surface area contributed by atoms with Crippen LogP contribution in [-0.4, -0.2) is 12.7 Å². The van der Waals surface area contributed by atoms with Crippen molar-refractivity contribution in [3.8, 4) is 0 Å². The van der Waals surface area contributed by atoms with Crippen LogP contribution < -0.4 is 0 Å². The van der Waals surface area contributed by atoms with Crippen molar-refractivity contribution in [2.45, 2.75) is 75.6 Å². The molecule has 0 bridgehead atoms. The molecule has 0 N–H and O–H groups in total. The van der Waals surface area contributed by atoms with Gasteiger partial charge in [-0.1, -0.05) is 61.8 Å². The monoisotopic (exact) mass is 352 g/mol. The normalized spacial score (nSPS) is 18.9. The third-order valence-electron chi connectivity index (χ3n) is 4.99. The average molecular weight is 353 g/mol. The molecule has 1 atom stereocenters. The molecule has 0 aliphatic heterocycles. The van der Waals surface area contributed by atoms with Crippen molar-refractivity contribution >= 4 is 15.9 Å². The van der Waals surface area contributed by atoms with E-state index in [-0.39, 0.29) is 5.60 Å². The average Bonchev–Trinajstić information content (AvgIpc) is 2.41. The molecule has 0 radical (unpaired) electrons. The summed E-state index contributed by atoms with van der Waals surface area (Å²) in [7, 11) is 1.87. The topological polar surface area (TPSA) is 9.23 Å². The summed E-state index contributed by atoms with van der Waals surface area (Å²) in [6.45, 7) is 9.11. The lowest BCUT2D eigenvalue weighted by molar-refractivity contribution is -0.0773. The summed E-state index contributed by atoms with van der Waals surface area (Å²) < 4.78 is 5.80. The second kappa shape index (κ2) is 6.83. The van der Waals surface area contributed by atoms with Crippen LogP contribution in [0.2, 0.25) is 0 Å². The Labute approximate surface area is 138 Å². The molecular weight excluding hydrogens is 324 g/mol. The van der Waals surface area contributed by atoms with Crippen molar-refractivity contribution in [1.29, 1.82) is 0 Å². The number of hydrogen-bond donors (Lipinski definition) is 0. The summed E-state index contributed by atoms with van der Waals surface area (Å²) in [5.41, 5.74) is 4.47. The van der Waals surface area contributed by atoms with Gasteiger partial charge in [-0.25, -0.2) is 0 Å². The van der Waals surface area contributed by atoms with Gasteiger partial charge >= 0.3 is 0 Å². The van der Waals surface area contributed by atoms with Crippen LogP contribution in [0.15, 0.2) is 18.2 Å². The summed E-state index contributed by atoms with van der Waals surface area (Å²) >= 11 is 3.94. The van der Waals surface area contributed by atoms with Crippen molar-refractivity contribution in [2.75, 3.05) is 7.11 Å². The van der Waals surface area contributed by atoms with E-state index in [1.165, 1.54) is 36.0 Å². The molecule has 0 spiro atoms. The maximum atomic E-state index is 5.80.